The Morgan fingerprint density at radius 2 is 2.12 bits per heavy atom. The number of ether oxygens (including phenoxy) is 1. The van der Waals surface area contributed by atoms with E-state index in [2.05, 4.69) is 30.8 Å². The normalized spacial score (nSPS) is 23.7. The highest BCUT2D eigenvalue weighted by Crippen LogP contribution is 2.45. The van der Waals surface area contributed by atoms with Crippen molar-refractivity contribution in [3.8, 4) is 16.6 Å². The lowest BCUT2D eigenvalue weighted by Gasteiger charge is -2.39. The number of piperidine rings is 1. The minimum Gasteiger partial charge on any atom is -0.476 e. The maximum absolute atomic E-state index is 15.4. The number of hydrogen-bond acceptors (Lipinski definition) is 9. The maximum Gasteiger partial charge on any atom is 0.393 e. The van der Waals surface area contributed by atoms with Crippen molar-refractivity contribution >= 4 is 33.0 Å². The van der Waals surface area contributed by atoms with Gasteiger partial charge in [0.05, 0.1) is 40.8 Å². The first-order chi connectivity index (χ1) is 20.1. The van der Waals surface area contributed by atoms with Crippen molar-refractivity contribution in [3.63, 3.8) is 0 Å². The molecule has 10 nitrogen and oxygen atoms in total. The molecular formula is C27H27F4N7O3S. The summed E-state index contributed by atoms with van der Waals surface area (Å²) in [5, 5.41) is 14.5. The van der Waals surface area contributed by atoms with Gasteiger partial charge in [0.25, 0.3) is 5.91 Å². The molecule has 7 rings (SSSR count). The number of benzene rings is 1. The third-order valence-electron chi connectivity index (χ3n) is 8.31. The Morgan fingerprint density at radius 3 is 2.93 bits per heavy atom. The molecule has 0 aliphatic carbocycles. The van der Waals surface area contributed by atoms with E-state index in [0.717, 1.165) is 24.2 Å². The molecule has 3 aliphatic heterocycles. The number of aromatic nitrogens is 4. The predicted molar refractivity (Wildman–Crippen MR) is 145 cm³/mol. The summed E-state index contributed by atoms with van der Waals surface area (Å²) in [6.45, 7) is 0.906. The van der Waals surface area contributed by atoms with Gasteiger partial charge in [0, 0.05) is 18.2 Å². The van der Waals surface area contributed by atoms with Crippen LogP contribution < -0.4 is 15.4 Å². The Bertz CT molecular complexity index is 1630. The fourth-order valence-corrected chi connectivity index (χ4v) is 7.49. The van der Waals surface area contributed by atoms with Crippen molar-refractivity contribution in [2.45, 2.75) is 69.2 Å². The number of halogens is 4. The van der Waals surface area contributed by atoms with Gasteiger partial charge < -0.3 is 19.9 Å². The van der Waals surface area contributed by atoms with E-state index in [4.69, 9.17) is 9.26 Å². The van der Waals surface area contributed by atoms with Crippen LogP contribution in [0, 0.1) is 0 Å². The van der Waals surface area contributed by atoms with Gasteiger partial charge in [-0.2, -0.15) is 23.3 Å². The Hall–Kier alpha value is -3.72. The molecule has 1 aromatic carbocycles. The van der Waals surface area contributed by atoms with Crippen molar-refractivity contribution in [2.24, 2.45) is 0 Å². The summed E-state index contributed by atoms with van der Waals surface area (Å²) in [4.78, 5) is 19.1. The highest BCUT2D eigenvalue weighted by Gasteiger charge is 2.46. The molecule has 1 amide bonds. The molecule has 0 saturated carbocycles. The second-order valence-corrected chi connectivity index (χ2v) is 11.9. The molecular weight excluding hydrogens is 578 g/mol. The molecule has 0 spiro atoms. The second-order valence-electron chi connectivity index (χ2n) is 10.9. The van der Waals surface area contributed by atoms with Gasteiger partial charge in [-0.1, -0.05) is 17.3 Å². The summed E-state index contributed by atoms with van der Waals surface area (Å²) >= 11 is 1.11. The molecule has 2 N–H and O–H groups in total. The van der Waals surface area contributed by atoms with E-state index in [1.807, 2.05) is 7.05 Å². The minimum absolute atomic E-state index is 0.0132. The number of alkyl halides is 4. The van der Waals surface area contributed by atoms with E-state index >= 15 is 4.39 Å². The number of carbonyl (C=O) groups is 1. The Kier molecular flexibility index (Phi) is 6.60. The van der Waals surface area contributed by atoms with Gasteiger partial charge >= 0.3 is 6.18 Å². The van der Waals surface area contributed by atoms with Gasteiger partial charge in [-0.15, -0.1) is 11.3 Å². The summed E-state index contributed by atoms with van der Waals surface area (Å²) in [5.41, 5.74) is 0.764. The lowest BCUT2D eigenvalue weighted by atomic mass is 9.95. The Balaban J connectivity index is 1.15. The van der Waals surface area contributed by atoms with Gasteiger partial charge in [0.2, 0.25) is 17.6 Å². The molecule has 3 aromatic heterocycles. The molecule has 3 aliphatic rings. The summed E-state index contributed by atoms with van der Waals surface area (Å²) in [7, 11) is 1.95. The third kappa shape index (κ3) is 4.87. The zero-order valence-corrected chi connectivity index (χ0v) is 23.3. The van der Waals surface area contributed by atoms with Crippen molar-refractivity contribution in [3.05, 3.63) is 41.4 Å². The molecule has 0 unspecified atom stereocenters. The fourth-order valence-electron chi connectivity index (χ4n) is 6.27. The summed E-state index contributed by atoms with van der Waals surface area (Å²) in [6, 6.07) is 6.26. The Morgan fingerprint density at radius 1 is 1.26 bits per heavy atom. The summed E-state index contributed by atoms with van der Waals surface area (Å²) in [5.74, 6) is 0.0308. The third-order valence-corrected chi connectivity index (χ3v) is 9.59. The quantitative estimate of drug-likeness (QED) is 0.295. The number of anilines is 1. The van der Waals surface area contributed by atoms with Crippen LogP contribution in [0.15, 0.2) is 28.8 Å². The molecule has 4 aromatic rings. The maximum atomic E-state index is 15.4. The van der Waals surface area contributed by atoms with E-state index in [1.165, 1.54) is 6.07 Å². The lowest BCUT2D eigenvalue weighted by molar-refractivity contribution is -0.126. The van der Waals surface area contributed by atoms with Crippen molar-refractivity contribution < 1.29 is 31.6 Å². The first kappa shape index (κ1) is 27.1. The highest BCUT2D eigenvalue weighted by molar-refractivity contribution is 7.23. The zero-order chi connectivity index (χ0) is 29.2. The van der Waals surface area contributed by atoms with Crippen LogP contribution in [0.25, 0.3) is 20.8 Å². The van der Waals surface area contributed by atoms with Crippen molar-refractivity contribution in [2.75, 3.05) is 19.0 Å². The van der Waals surface area contributed by atoms with Crippen LogP contribution in [0.2, 0.25) is 0 Å². The molecule has 2 bridgehead atoms. The van der Waals surface area contributed by atoms with Gasteiger partial charge in [-0.3, -0.25) is 9.69 Å². The predicted octanol–water partition coefficient (Wildman–Crippen LogP) is 4.56. The number of rotatable bonds is 7. The highest BCUT2D eigenvalue weighted by atomic mass is 32.1. The largest absolute Gasteiger partial charge is 0.476 e. The van der Waals surface area contributed by atoms with Crippen LogP contribution in [-0.2, 0) is 19.5 Å². The van der Waals surface area contributed by atoms with Crippen molar-refractivity contribution in [1.82, 2.24) is 30.1 Å². The van der Waals surface area contributed by atoms with Gasteiger partial charge in [0.1, 0.15) is 12.8 Å². The zero-order valence-electron chi connectivity index (χ0n) is 22.4. The van der Waals surface area contributed by atoms with Crippen LogP contribution >= 0.6 is 11.3 Å². The average Bonchev–Trinajstić information content (AvgIpc) is 3.75. The molecule has 2 saturated heterocycles. The van der Waals surface area contributed by atoms with Crippen LogP contribution in [0.5, 0.6) is 5.88 Å². The number of carbonyl (C=O) groups excluding carboxylic acids is 1. The number of nitrogens with zero attached hydrogens (tertiary/aromatic N) is 5. The van der Waals surface area contributed by atoms with Crippen LogP contribution in [0.3, 0.4) is 0 Å². The average molecular weight is 606 g/mol. The van der Waals surface area contributed by atoms with E-state index in [1.54, 1.807) is 22.9 Å². The van der Waals surface area contributed by atoms with E-state index in [9.17, 15) is 18.0 Å². The first-order valence-corrected chi connectivity index (χ1v) is 14.5. The number of hydrogen-bond donors (Lipinski definition) is 2. The van der Waals surface area contributed by atoms with Crippen LogP contribution in [0.4, 0.5) is 23.2 Å². The molecule has 0 radical (unpaired) electrons. The van der Waals surface area contributed by atoms with E-state index in [-0.39, 0.29) is 46.5 Å². The van der Waals surface area contributed by atoms with Crippen LogP contribution in [-0.4, -0.2) is 74.9 Å². The molecule has 4 atom stereocenters. The SMILES string of the molecule is CN1[C@@H]2CC[C@H]1[C@H](F)[C@H](Nc1cccc3c(CC(F)(F)F)c(-c4noc(CNC(=O)c5cc6n(n5)CCO6)n4)sc13)C2. The summed E-state index contributed by atoms with van der Waals surface area (Å²) in [6.07, 6.45) is -4.43. The summed E-state index contributed by atoms with van der Waals surface area (Å²) < 4.78 is 69.4. The number of thiophene rings is 1. The topological polar surface area (TPSA) is 110 Å². The van der Waals surface area contributed by atoms with Gasteiger partial charge in [-0.25, -0.2) is 9.07 Å². The van der Waals surface area contributed by atoms with Crippen LogP contribution in [0.1, 0.15) is 41.2 Å². The molecule has 15 heteroatoms. The minimum atomic E-state index is -4.49. The first-order valence-electron chi connectivity index (χ1n) is 13.7. The molecule has 2 fully saturated rings. The smallest absolute Gasteiger partial charge is 0.393 e. The number of amides is 1. The fraction of sp³-hybridized carbons (Fsp3) is 0.481. The van der Waals surface area contributed by atoms with E-state index < -0.39 is 30.7 Å². The van der Waals surface area contributed by atoms with Gasteiger partial charge in [0.15, 0.2) is 5.69 Å². The standard InChI is InChI=1S/C27H27F4N7O3S/c1-37-13-5-6-19(37)22(28)17(9-13)33-16-4-2-3-14-15(11-27(29,30)31)24(42-23(14)16)25-34-20(41-36-25)12-32-26(39)18-10-21-38(35-18)7-8-40-21/h2-4,10,13,17,19,22,33H,5-9,11-12H2,1H3,(H,32,39)/t13-,17-,19+,22-/m1/s1. The number of fused-ring (bicyclic) bond motifs is 4. The van der Waals surface area contributed by atoms with E-state index in [0.29, 0.717) is 41.2 Å². The molecule has 42 heavy (non-hydrogen) atoms. The Labute approximate surface area is 241 Å². The number of nitrogens with one attached hydrogen (secondary N) is 2. The van der Waals surface area contributed by atoms with Gasteiger partial charge in [-0.05, 0) is 43.3 Å². The molecule has 6 heterocycles. The second kappa shape index (κ2) is 10.2. The van der Waals surface area contributed by atoms with Crippen molar-refractivity contribution in [1.29, 1.82) is 0 Å². The lowest BCUT2D eigenvalue weighted by Crippen LogP contribution is -2.53. The molecule has 222 valence electrons. The monoisotopic (exact) mass is 605 g/mol.